The lowest BCUT2D eigenvalue weighted by atomic mass is 10.1. The Morgan fingerprint density at radius 3 is 2.62 bits per heavy atom. The molecule has 1 radical (unpaired) electrons. The van der Waals surface area contributed by atoms with Crippen molar-refractivity contribution in [2.24, 2.45) is 0 Å². The van der Waals surface area contributed by atoms with Crippen molar-refractivity contribution in [3.63, 3.8) is 0 Å². The Hall–Kier alpha value is 0.350. The summed E-state index contributed by atoms with van der Waals surface area (Å²) in [4.78, 5) is 9.99. The molecule has 0 aliphatic carbocycles. The van der Waals surface area contributed by atoms with Gasteiger partial charge in [0.15, 0.2) is 6.29 Å². The van der Waals surface area contributed by atoms with Crippen molar-refractivity contribution in [3.05, 3.63) is 30.9 Å². The lowest BCUT2D eigenvalue weighted by molar-refractivity contribution is 0.548. The fourth-order valence-corrected chi connectivity index (χ4v) is 1.98. The summed E-state index contributed by atoms with van der Waals surface area (Å²) in [5.74, 6) is 0. The van der Waals surface area contributed by atoms with Gasteiger partial charge in [-0.3, -0.25) is 4.79 Å². The number of hydrogen-bond acceptors (Lipinski definition) is 1. The van der Waals surface area contributed by atoms with Crippen molar-refractivity contribution in [1.29, 1.82) is 0 Å². The van der Waals surface area contributed by atoms with Crippen LogP contribution in [0, 0.1) is 7.14 Å². The van der Waals surface area contributed by atoms with Gasteiger partial charge in [0.2, 0.25) is 0 Å². The minimum atomic E-state index is 0.544. The molecule has 1 aromatic rings. The van der Waals surface area contributed by atoms with Crippen molar-refractivity contribution < 1.29 is 4.79 Å². The van der Waals surface area contributed by atoms with Gasteiger partial charge in [0, 0.05) is 13.6 Å². The number of hydrogen-bond donors (Lipinski definition) is 0. The third-order valence-corrected chi connectivity index (χ3v) is 4.59. The van der Waals surface area contributed by atoms with E-state index in [1.165, 1.54) is 12.7 Å². The minimum Gasteiger partial charge on any atom is -0.291 e. The molecule has 0 atom stereocenters. The Labute approximate surface area is 106 Å². The molecule has 3 heteroatoms. The molecule has 69 valence electrons. The van der Waals surface area contributed by atoms with E-state index < -0.39 is 0 Å². The van der Waals surface area contributed by atoms with E-state index in [2.05, 4.69) is 63.4 Å². The average Bonchev–Trinajstić information content (AvgIpc) is 2.12. The van der Waals surface area contributed by atoms with Crippen LogP contribution in [0.15, 0.2) is 18.2 Å². The molecule has 0 spiro atoms. The quantitative estimate of drug-likeness (QED) is 0.561. The molecular weight excluding hydrogens is 390 g/mol. The maximum Gasteiger partial charge on any atom is 0.198 e. The molecule has 0 heterocycles. The first-order valence-corrected chi connectivity index (χ1v) is 6.18. The number of carbonyl (C=O) groups excluding carboxylic acids is 1. The molecule has 0 unspecified atom stereocenters. The summed E-state index contributed by atoms with van der Waals surface area (Å²) in [7, 11) is 0. The Morgan fingerprint density at radius 1 is 1.23 bits per heavy atom. The van der Waals surface area contributed by atoms with Crippen molar-refractivity contribution >= 4 is 51.5 Å². The van der Waals surface area contributed by atoms with Crippen LogP contribution in [0.4, 0.5) is 0 Å². The van der Waals surface area contributed by atoms with Crippen molar-refractivity contribution in [3.8, 4) is 0 Å². The number of unbranched alkanes of at least 4 members (excludes halogenated alkanes) is 1. The first-order valence-electron chi connectivity index (χ1n) is 4.03. The molecule has 0 N–H and O–H groups in total. The van der Waals surface area contributed by atoms with Gasteiger partial charge < -0.3 is 0 Å². The molecular formula is C10H9I2O. The monoisotopic (exact) mass is 399 g/mol. The molecule has 0 aliphatic heterocycles. The molecule has 0 fully saturated rings. The minimum absolute atomic E-state index is 0.544. The Balaban J connectivity index is 2.57. The molecule has 0 saturated carbocycles. The van der Waals surface area contributed by atoms with E-state index in [0.29, 0.717) is 6.42 Å². The van der Waals surface area contributed by atoms with Crippen LogP contribution >= 0.6 is 45.2 Å². The van der Waals surface area contributed by atoms with Gasteiger partial charge >= 0.3 is 0 Å². The zero-order valence-electron chi connectivity index (χ0n) is 7.02. The molecule has 13 heavy (non-hydrogen) atoms. The molecule has 0 aromatic heterocycles. The van der Waals surface area contributed by atoms with E-state index in [4.69, 9.17) is 0 Å². The van der Waals surface area contributed by atoms with E-state index in [1.807, 2.05) is 6.29 Å². The van der Waals surface area contributed by atoms with Crippen LogP contribution in [0.2, 0.25) is 0 Å². The van der Waals surface area contributed by atoms with Crippen LogP contribution < -0.4 is 0 Å². The van der Waals surface area contributed by atoms with E-state index in [9.17, 15) is 4.79 Å². The zero-order valence-corrected chi connectivity index (χ0v) is 11.3. The first-order chi connectivity index (χ1) is 6.24. The van der Waals surface area contributed by atoms with Crippen LogP contribution in [-0.2, 0) is 11.2 Å². The highest BCUT2D eigenvalue weighted by Gasteiger charge is 1.98. The highest BCUT2D eigenvalue weighted by molar-refractivity contribution is 14.1. The van der Waals surface area contributed by atoms with Crippen LogP contribution in [-0.4, -0.2) is 6.29 Å². The normalized spacial score (nSPS) is 10.0. The SMILES string of the molecule is O=[C]CCCc1ccc(I)c(I)c1. The molecule has 0 bridgehead atoms. The standard InChI is InChI=1S/C10H9I2O/c11-9-5-4-8(7-10(9)12)3-1-2-6-13/h4-5,7H,1-3H2. The molecule has 0 saturated heterocycles. The molecule has 1 aromatic carbocycles. The molecule has 0 aliphatic rings. The summed E-state index contributed by atoms with van der Waals surface area (Å²) in [5.41, 5.74) is 1.31. The van der Waals surface area contributed by atoms with Crippen LogP contribution in [0.1, 0.15) is 18.4 Å². The predicted octanol–water partition coefficient (Wildman–Crippen LogP) is 3.33. The number of rotatable bonds is 4. The second-order valence-electron chi connectivity index (χ2n) is 2.75. The average molecular weight is 399 g/mol. The van der Waals surface area contributed by atoms with Gasteiger partial charge in [0.05, 0.1) is 0 Å². The zero-order chi connectivity index (χ0) is 9.68. The third-order valence-electron chi connectivity index (χ3n) is 1.73. The maximum absolute atomic E-state index is 9.99. The Bertz CT molecular complexity index is 297. The van der Waals surface area contributed by atoms with Crippen molar-refractivity contribution in [2.45, 2.75) is 19.3 Å². The summed E-state index contributed by atoms with van der Waals surface area (Å²) >= 11 is 4.64. The molecule has 1 rings (SSSR count). The van der Waals surface area contributed by atoms with Crippen molar-refractivity contribution in [2.75, 3.05) is 0 Å². The Kier molecular flexibility index (Phi) is 5.23. The summed E-state index contributed by atoms with van der Waals surface area (Å²) < 4.78 is 2.56. The summed E-state index contributed by atoms with van der Waals surface area (Å²) in [6.07, 6.45) is 4.33. The van der Waals surface area contributed by atoms with E-state index >= 15 is 0 Å². The van der Waals surface area contributed by atoms with Gasteiger partial charge in [0.1, 0.15) is 0 Å². The van der Waals surface area contributed by atoms with Crippen LogP contribution in [0.25, 0.3) is 0 Å². The molecule has 1 nitrogen and oxygen atoms in total. The largest absolute Gasteiger partial charge is 0.291 e. The predicted molar refractivity (Wildman–Crippen MR) is 70.5 cm³/mol. The van der Waals surface area contributed by atoms with Gasteiger partial charge in [-0.25, -0.2) is 0 Å². The topological polar surface area (TPSA) is 17.1 Å². The lowest BCUT2D eigenvalue weighted by Crippen LogP contribution is -1.88. The fraction of sp³-hybridized carbons (Fsp3) is 0.300. The highest BCUT2D eigenvalue weighted by atomic mass is 127. The lowest BCUT2D eigenvalue weighted by Gasteiger charge is -2.01. The second kappa shape index (κ2) is 5.95. The van der Waals surface area contributed by atoms with E-state index in [-0.39, 0.29) is 0 Å². The van der Waals surface area contributed by atoms with Gasteiger partial charge in [-0.05, 0) is 75.7 Å². The fourth-order valence-electron chi connectivity index (χ4n) is 1.06. The maximum atomic E-state index is 9.99. The first kappa shape index (κ1) is 11.4. The van der Waals surface area contributed by atoms with Gasteiger partial charge in [-0.1, -0.05) is 6.07 Å². The van der Waals surface area contributed by atoms with Crippen molar-refractivity contribution in [1.82, 2.24) is 0 Å². The number of aryl methyl sites for hydroxylation is 1. The highest BCUT2D eigenvalue weighted by Crippen LogP contribution is 2.17. The van der Waals surface area contributed by atoms with E-state index in [1.54, 1.807) is 0 Å². The molecule has 0 amide bonds. The van der Waals surface area contributed by atoms with Gasteiger partial charge in [0.25, 0.3) is 0 Å². The van der Waals surface area contributed by atoms with Crippen LogP contribution in [0.3, 0.4) is 0 Å². The van der Waals surface area contributed by atoms with Gasteiger partial charge in [-0.2, -0.15) is 0 Å². The Morgan fingerprint density at radius 2 is 2.00 bits per heavy atom. The van der Waals surface area contributed by atoms with Crippen LogP contribution in [0.5, 0.6) is 0 Å². The summed E-state index contributed by atoms with van der Waals surface area (Å²) in [5, 5.41) is 0. The smallest absolute Gasteiger partial charge is 0.198 e. The second-order valence-corrected chi connectivity index (χ2v) is 5.07. The number of halogens is 2. The van der Waals surface area contributed by atoms with E-state index in [0.717, 1.165) is 12.8 Å². The number of benzene rings is 1. The van der Waals surface area contributed by atoms with Gasteiger partial charge in [-0.15, -0.1) is 0 Å². The summed E-state index contributed by atoms with van der Waals surface area (Å²) in [6, 6.07) is 6.41. The summed E-state index contributed by atoms with van der Waals surface area (Å²) in [6.45, 7) is 0. The third kappa shape index (κ3) is 3.93.